The number of halogens is 3. The molecule has 7 heteroatoms. The fraction of sp³-hybridized carbons (Fsp3) is 0.714. The third-order valence-electron chi connectivity index (χ3n) is 3.79. The Balaban J connectivity index is 2.13. The Labute approximate surface area is 122 Å². The van der Waals surface area contributed by atoms with E-state index >= 15 is 0 Å². The van der Waals surface area contributed by atoms with Gasteiger partial charge < -0.3 is 10.1 Å². The lowest BCUT2D eigenvalue weighted by Gasteiger charge is -2.34. The van der Waals surface area contributed by atoms with Crippen LogP contribution in [0.3, 0.4) is 0 Å². The van der Waals surface area contributed by atoms with Crippen molar-refractivity contribution in [2.75, 3.05) is 12.4 Å². The molecule has 21 heavy (non-hydrogen) atoms. The Morgan fingerprint density at radius 2 is 1.86 bits per heavy atom. The molecule has 118 valence electrons. The number of rotatable bonds is 3. The van der Waals surface area contributed by atoms with Gasteiger partial charge in [-0.2, -0.15) is 18.2 Å². The fourth-order valence-electron chi connectivity index (χ4n) is 2.40. The second-order valence-electron chi connectivity index (χ2n) is 6.14. The molecule has 0 unspecified atom stereocenters. The highest BCUT2D eigenvalue weighted by Gasteiger charge is 2.34. The monoisotopic (exact) mass is 303 g/mol. The van der Waals surface area contributed by atoms with Gasteiger partial charge in [0.05, 0.1) is 0 Å². The molecule has 1 aromatic rings. The highest BCUT2D eigenvalue weighted by Crippen LogP contribution is 2.37. The van der Waals surface area contributed by atoms with Gasteiger partial charge in [-0.3, -0.25) is 0 Å². The average molecular weight is 303 g/mol. The minimum atomic E-state index is -4.51. The summed E-state index contributed by atoms with van der Waals surface area (Å²) in [6.07, 6.45) is -0.956. The van der Waals surface area contributed by atoms with E-state index in [1.54, 1.807) is 0 Å². The lowest BCUT2D eigenvalue weighted by molar-refractivity contribution is -0.141. The van der Waals surface area contributed by atoms with Crippen molar-refractivity contribution < 1.29 is 17.9 Å². The number of hydrogen-bond acceptors (Lipinski definition) is 4. The van der Waals surface area contributed by atoms with Crippen LogP contribution >= 0.6 is 0 Å². The minimum absolute atomic E-state index is 0.0219. The summed E-state index contributed by atoms with van der Waals surface area (Å²) < 4.78 is 44.0. The maximum atomic E-state index is 12.8. The Morgan fingerprint density at radius 3 is 2.38 bits per heavy atom. The van der Waals surface area contributed by atoms with Crippen molar-refractivity contribution >= 4 is 5.95 Å². The first-order chi connectivity index (χ1) is 9.69. The van der Waals surface area contributed by atoms with E-state index in [4.69, 9.17) is 4.74 Å². The molecule has 2 rings (SSSR count). The van der Waals surface area contributed by atoms with Crippen LogP contribution in [0.1, 0.15) is 45.2 Å². The predicted octanol–water partition coefficient (Wildman–Crippen LogP) is 3.88. The maximum absolute atomic E-state index is 12.8. The molecule has 1 fully saturated rings. The van der Waals surface area contributed by atoms with E-state index in [1.165, 1.54) is 7.05 Å². The number of ether oxygens (including phenoxy) is 1. The highest BCUT2D eigenvalue weighted by atomic mass is 19.4. The maximum Gasteiger partial charge on any atom is 0.433 e. The molecule has 0 radical (unpaired) electrons. The summed E-state index contributed by atoms with van der Waals surface area (Å²) in [7, 11) is 1.47. The van der Waals surface area contributed by atoms with Gasteiger partial charge in [0.25, 0.3) is 0 Å². The number of anilines is 1. The molecule has 0 aliphatic heterocycles. The van der Waals surface area contributed by atoms with Crippen molar-refractivity contribution in [1.82, 2.24) is 9.97 Å². The molecule has 1 heterocycles. The standard InChI is InChI=1S/C14H20F3N3O/c1-13(2)6-4-9(5-7-13)21-11-8-10(14(15,16)17)19-12(18-3)20-11/h8-9H,4-7H2,1-3H3,(H,18,19,20). The lowest BCUT2D eigenvalue weighted by atomic mass is 9.76. The van der Waals surface area contributed by atoms with Crippen LogP contribution in [0.5, 0.6) is 5.88 Å². The quantitative estimate of drug-likeness (QED) is 0.920. The smallest absolute Gasteiger partial charge is 0.433 e. The van der Waals surface area contributed by atoms with Crippen molar-refractivity contribution in [3.63, 3.8) is 0 Å². The van der Waals surface area contributed by atoms with Gasteiger partial charge in [0.1, 0.15) is 6.10 Å². The van der Waals surface area contributed by atoms with Gasteiger partial charge in [-0.25, -0.2) is 4.98 Å². The number of nitrogens with zero attached hydrogens (tertiary/aromatic N) is 2. The molecule has 0 saturated heterocycles. The zero-order valence-electron chi connectivity index (χ0n) is 12.4. The first kappa shape index (κ1) is 15.9. The van der Waals surface area contributed by atoms with Crippen LogP contribution in [-0.2, 0) is 6.18 Å². The van der Waals surface area contributed by atoms with Crippen LogP contribution in [0.25, 0.3) is 0 Å². The summed E-state index contributed by atoms with van der Waals surface area (Å²) in [6, 6.07) is 0.862. The SMILES string of the molecule is CNc1nc(OC2CCC(C)(C)CC2)cc(C(F)(F)F)n1. The zero-order chi connectivity index (χ0) is 15.7. The zero-order valence-corrected chi connectivity index (χ0v) is 12.4. The third-order valence-corrected chi connectivity index (χ3v) is 3.79. The van der Waals surface area contributed by atoms with E-state index < -0.39 is 11.9 Å². The summed E-state index contributed by atoms with van der Waals surface area (Å²) >= 11 is 0. The van der Waals surface area contributed by atoms with Crippen molar-refractivity contribution in [1.29, 1.82) is 0 Å². The van der Waals surface area contributed by atoms with E-state index in [-0.39, 0.29) is 23.3 Å². The second kappa shape index (κ2) is 5.69. The van der Waals surface area contributed by atoms with Crippen molar-refractivity contribution in [3.05, 3.63) is 11.8 Å². The summed E-state index contributed by atoms with van der Waals surface area (Å²) in [5.41, 5.74) is -0.716. The molecule has 0 amide bonds. The molecule has 0 spiro atoms. The van der Waals surface area contributed by atoms with Crippen molar-refractivity contribution in [3.8, 4) is 5.88 Å². The van der Waals surface area contributed by atoms with Gasteiger partial charge in [-0.1, -0.05) is 13.8 Å². The van der Waals surface area contributed by atoms with Crippen LogP contribution in [-0.4, -0.2) is 23.1 Å². The molecule has 0 aromatic carbocycles. The van der Waals surface area contributed by atoms with Crippen LogP contribution in [0, 0.1) is 5.41 Å². The van der Waals surface area contributed by atoms with E-state index in [0.29, 0.717) is 0 Å². The van der Waals surface area contributed by atoms with Crippen molar-refractivity contribution in [2.45, 2.75) is 51.8 Å². The van der Waals surface area contributed by atoms with Gasteiger partial charge in [-0.15, -0.1) is 0 Å². The van der Waals surface area contributed by atoms with Gasteiger partial charge in [0.15, 0.2) is 5.69 Å². The summed E-state index contributed by atoms with van der Waals surface area (Å²) in [5, 5.41) is 2.53. The Bertz CT molecular complexity index is 493. The van der Waals surface area contributed by atoms with Crippen molar-refractivity contribution in [2.24, 2.45) is 5.41 Å². The molecule has 1 N–H and O–H groups in total. The third kappa shape index (κ3) is 4.22. The molecular weight excluding hydrogens is 283 g/mol. The van der Waals surface area contributed by atoms with Crippen LogP contribution in [0.4, 0.5) is 19.1 Å². The molecule has 1 aliphatic rings. The fourth-order valence-corrected chi connectivity index (χ4v) is 2.40. The van der Waals surface area contributed by atoms with E-state index in [9.17, 15) is 13.2 Å². The first-order valence-corrected chi connectivity index (χ1v) is 7.00. The largest absolute Gasteiger partial charge is 0.474 e. The molecule has 1 aromatic heterocycles. The van der Waals surface area contributed by atoms with Gasteiger partial charge in [-0.05, 0) is 31.1 Å². The van der Waals surface area contributed by atoms with E-state index in [2.05, 4.69) is 29.1 Å². The average Bonchev–Trinajstić information content (AvgIpc) is 2.40. The van der Waals surface area contributed by atoms with Gasteiger partial charge in [0, 0.05) is 13.1 Å². The number of alkyl halides is 3. The first-order valence-electron chi connectivity index (χ1n) is 7.00. The molecular formula is C14H20F3N3O. The minimum Gasteiger partial charge on any atom is -0.474 e. The normalized spacial score (nSPS) is 19.3. The Morgan fingerprint density at radius 1 is 1.24 bits per heavy atom. The summed E-state index contributed by atoms with van der Waals surface area (Å²) in [6.45, 7) is 4.38. The molecule has 1 aliphatic carbocycles. The lowest BCUT2D eigenvalue weighted by Crippen LogP contribution is -2.28. The number of aromatic nitrogens is 2. The van der Waals surface area contributed by atoms with Crippen LogP contribution < -0.4 is 10.1 Å². The molecule has 1 saturated carbocycles. The topological polar surface area (TPSA) is 47.0 Å². The summed E-state index contributed by atoms with van der Waals surface area (Å²) in [5.74, 6) is -0.109. The number of nitrogens with one attached hydrogen (secondary N) is 1. The Hall–Kier alpha value is -1.53. The second-order valence-corrected chi connectivity index (χ2v) is 6.14. The number of hydrogen-bond donors (Lipinski definition) is 1. The van der Waals surface area contributed by atoms with E-state index in [1.807, 2.05) is 0 Å². The van der Waals surface area contributed by atoms with E-state index in [0.717, 1.165) is 31.7 Å². The predicted molar refractivity (Wildman–Crippen MR) is 73.2 cm³/mol. The summed E-state index contributed by atoms with van der Waals surface area (Å²) in [4.78, 5) is 7.36. The van der Waals surface area contributed by atoms with Crippen LogP contribution in [0.15, 0.2) is 6.07 Å². The Kier molecular flexibility index (Phi) is 4.30. The van der Waals surface area contributed by atoms with Gasteiger partial charge >= 0.3 is 6.18 Å². The molecule has 4 nitrogen and oxygen atoms in total. The molecule has 0 bridgehead atoms. The highest BCUT2D eigenvalue weighted by molar-refractivity contribution is 5.31. The molecule has 0 atom stereocenters. The van der Waals surface area contributed by atoms with Gasteiger partial charge in [0.2, 0.25) is 11.8 Å². The van der Waals surface area contributed by atoms with Crippen LogP contribution in [0.2, 0.25) is 0 Å².